The van der Waals surface area contributed by atoms with Gasteiger partial charge in [-0.25, -0.2) is 9.37 Å². The van der Waals surface area contributed by atoms with E-state index in [2.05, 4.69) is 15.0 Å². The van der Waals surface area contributed by atoms with Gasteiger partial charge in [0.1, 0.15) is 28.9 Å². The van der Waals surface area contributed by atoms with Gasteiger partial charge < -0.3 is 19.2 Å². The Morgan fingerprint density at radius 1 is 0.960 bits per heavy atom. The number of rotatable bonds is 4. The minimum atomic E-state index is -0.329. The fourth-order valence-electron chi connectivity index (χ4n) is 2.69. The fourth-order valence-corrected chi connectivity index (χ4v) is 2.69. The number of hydrogen-bond acceptors (Lipinski definition) is 5. The molecule has 4 rings (SSSR count). The molecular weight excluding hydrogens is 325 g/mol. The third kappa shape index (κ3) is 2.59. The van der Waals surface area contributed by atoms with Crippen LogP contribution in [0.3, 0.4) is 0 Å². The summed E-state index contributed by atoms with van der Waals surface area (Å²) < 4.78 is 29.5. The van der Waals surface area contributed by atoms with Crippen LogP contribution in [0.2, 0.25) is 0 Å². The molecular formula is C18H14FN3O3. The summed E-state index contributed by atoms with van der Waals surface area (Å²) in [5.41, 5.74) is 2.15. The SMILES string of the molecule is COc1cc2[nH]c3c(Oc4ccc(F)cc4)ncnc3c2cc1OC. The van der Waals surface area contributed by atoms with Gasteiger partial charge in [-0.2, -0.15) is 4.98 Å². The number of methoxy groups -OCH3 is 2. The van der Waals surface area contributed by atoms with Crippen molar-refractivity contribution in [3.05, 3.63) is 48.5 Å². The summed E-state index contributed by atoms with van der Waals surface area (Å²) in [7, 11) is 3.16. The smallest absolute Gasteiger partial charge is 0.247 e. The number of H-pyrrole nitrogens is 1. The number of fused-ring (bicyclic) bond motifs is 3. The van der Waals surface area contributed by atoms with Gasteiger partial charge in [-0.1, -0.05) is 0 Å². The van der Waals surface area contributed by atoms with Crippen LogP contribution in [0.1, 0.15) is 0 Å². The topological polar surface area (TPSA) is 69.3 Å². The van der Waals surface area contributed by atoms with Crippen molar-refractivity contribution in [3.63, 3.8) is 0 Å². The van der Waals surface area contributed by atoms with Crippen molar-refractivity contribution in [2.45, 2.75) is 0 Å². The van der Waals surface area contributed by atoms with Crippen LogP contribution in [0.15, 0.2) is 42.7 Å². The Kier molecular flexibility index (Phi) is 3.61. The van der Waals surface area contributed by atoms with E-state index < -0.39 is 0 Å². The number of benzene rings is 2. The minimum absolute atomic E-state index is 0.329. The summed E-state index contributed by atoms with van der Waals surface area (Å²) in [5.74, 6) is 1.72. The largest absolute Gasteiger partial charge is 0.493 e. The van der Waals surface area contributed by atoms with Crippen molar-refractivity contribution in [1.82, 2.24) is 15.0 Å². The quantitative estimate of drug-likeness (QED) is 0.607. The summed E-state index contributed by atoms with van der Waals surface area (Å²) in [6.45, 7) is 0. The fraction of sp³-hybridized carbons (Fsp3) is 0.111. The Bertz CT molecular complexity index is 1060. The molecule has 0 fully saturated rings. The predicted molar refractivity (Wildman–Crippen MR) is 91.0 cm³/mol. The zero-order valence-corrected chi connectivity index (χ0v) is 13.5. The first kappa shape index (κ1) is 15.2. The van der Waals surface area contributed by atoms with Crippen LogP contribution in [-0.4, -0.2) is 29.2 Å². The van der Waals surface area contributed by atoms with Gasteiger partial charge in [-0.05, 0) is 30.3 Å². The summed E-state index contributed by atoms with van der Waals surface area (Å²) in [4.78, 5) is 11.8. The molecule has 25 heavy (non-hydrogen) atoms. The van der Waals surface area contributed by atoms with Crippen molar-refractivity contribution in [3.8, 4) is 23.1 Å². The van der Waals surface area contributed by atoms with Crippen molar-refractivity contribution >= 4 is 21.9 Å². The molecule has 0 saturated heterocycles. The molecule has 0 bridgehead atoms. The summed E-state index contributed by atoms with van der Waals surface area (Å²) in [6.07, 6.45) is 1.42. The molecule has 0 saturated carbocycles. The molecule has 0 amide bonds. The van der Waals surface area contributed by atoms with Crippen molar-refractivity contribution in [2.75, 3.05) is 14.2 Å². The Balaban J connectivity index is 1.87. The zero-order chi connectivity index (χ0) is 17.4. The summed E-state index contributed by atoms with van der Waals surface area (Å²) in [5, 5.41) is 0.860. The predicted octanol–water partition coefficient (Wildman–Crippen LogP) is 4.06. The van der Waals surface area contributed by atoms with E-state index in [-0.39, 0.29) is 5.82 Å². The van der Waals surface area contributed by atoms with Gasteiger partial charge in [0.25, 0.3) is 0 Å². The van der Waals surface area contributed by atoms with Gasteiger partial charge >= 0.3 is 0 Å². The number of nitrogens with zero attached hydrogens (tertiary/aromatic N) is 2. The standard InChI is InChI=1S/C18H14FN3O3/c1-23-14-7-12-13(8-15(14)24-2)22-17-16(12)20-9-21-18(17)25-11-5-3-10(19)4-6-11/h3-9,22H,1-2H3. The second-order valence-electron chi connectivity index (χ2n) is 5.34. The molecule has 126 valence electrons. The minimum Gasteiger partial charge on any atom is -0.493 e. The average Bonchev–Trinajstić information content (AvgIpc) is 3.01. The lowest BCUT2D eigenvalue weighted by Gasteiger charge is -2.06. The van der Waals surface area contributed by atoms with Crippen LogP contribution in [0, 0.1) is 5.82 Å². The maximum atomic E-state index is 13.0. The lowest BCUT2D eigenvalue weighted by atomic mass is 10.2. The first-order chi connectivity index (χ1) is 12.2. The average molecular weight is 339 g/mol. The van der Waals surface area contributed by atoms with Gasteiger partial charge in [-0.3, -0.25) is 0 Å². The van der Waals surface area contributed by atoms with Gasteiger partial charge in [0.2, 0.25) is 5.88 Å². The normalized spacial score (nSPS) is 11.0. The monoisotopic (exact) mass is 339 g/mol. The molecule has 4 aromatic rings. The Hall–Kier alpha value is -3.35. The molecule has 0 spiro atoms. The Labute approximate surface area is 142 Å². The molecule has 1 N–H and O–H groups in total. The lowest BCUT2D eigenvalue weighted by molar-refractivity contribution is 0.356. The summed E-state index contributed by atoms with van der Waals surface area (Å²) >= 11 is 0. The number of nitrogens with one attached hydrogen (secondary N) is 1. The molecule has 0 aliphatic rings. The van der Waals surface area contributed by atoms with E-state index in [0.29, 0.717) is 34.2 Å². The van der Waals surface area contributed by atoms with Gasteiger partial charge in [0, 0.05) is 11.5 Å². The molecule has 2 heterocycles. The molecule has 7 heteroatoms. The lowest BCUT2D eigenvalue weighted by Crippen LogP contribution is -1.90. The van der Waals surface area contributed by atoms with E-state index in [9.17, 15) is 4.39 Å². The first-order valence-corrected chi connectivity index (χ1v) is 7.51. The van der Waals surface area contributed by atoms with E-state index in [4.69, 9.17) is 14.2 Å². The van der Waals surface area contributed by atoms with E-state index in [0.717, 1.165) is 10.9 Å². The summed E-state index contributed by atoms with van der Waals surface area (Å²) in [6, 6.07) is 9.42. The van der Waals surface area contributed by atoms with Crippen LogP contribution >= 0.6 is 0 Å². The molecule has 0 unspecified atom stereocenters. The number of ether oxygens (including phenoxy) is 3. The van der Waals surface area contributed by atoms with E-state index >= 15 is 0 Å². The molecule has 0 aliphatic carbocycles. The zero-order valence-electron chi connectivity index (χ0n) is 13.5. The van der Waals surface area contributed by atoms with Crippen molar-refractivity contribution in [1.29, 1.82) is 0 Å². The number of aromatic amines is 1. The van der Waals surface area contributed by atoms with Crippen molar-refractivity contribution in [2.24, 2.45) is 0 Å². The third-order valence-electron chi connectivity index (χ3n) is 3.88. The Morgan fingerprint density at radius 2 is 1.68 bits per heavy atom. The Morgan fingerprint density at radius 3 is 2.40 bits per heavy atom. The number of halogens is 1. The highest BCUT2D eigenvalue weighted by Gasteiger charge is 2.15. The second-order valence-corrected chi connectivity index (χ2v) is 5.34. The second kappa shape index (κ2) is 5.94. The molecule has 2 aromatic heterocycles. The highest BCUT2D eigenvalue weighted by atomic mass is 19.1. The number of hydrogen-bond donors (Lipinski definition) is 1. The van der Waals surface area contributed by atoms with Crippen LogP contribution in [-0.2, 0) is 0 Å². The van der Waals surface area contributed by atoms with E-state index in [1.54, 1.807) is 14.2 Å². The molecule has 0 atom stereocenters. The molecule has 2 aromatic carbocycles. The van der Waals surface area contributed by atoms with Crippen LogP contribution < -0.4 is 14.2 Å². The highest BCUT2D eigenvalue weighted by molar-refractivity contribution is 6.07. The highest BCUT2D eigenvalue weighted by Crippen LogP contribution is 2.37. The first-order valence-electron chi connectivity index (χ1n) is 7.51. The van der Waals surface area contributed by atoms with Gasteiger partial charge in [0.15, 0.2) is 11.5 Å². The van der Waals surface area contributed by atoms with Crippen LogP contribution in [0.25, 0.3) is 21.9 Å². The molecule has 0 radical (unpaired) electrons. The van der Waals surface area contributed by atoms with Crippen molar-refractivity contribution < 1.29 is 18.6 Å². The maximum absolute atomic E-state index is 13.0. The third-order valence-corrected chi connectivity index (χ3v) is 3.88. The molecule has 6 nitrogen and oxygen atoms in total. The van der Waals surface area contributed by atoms with E-state index in [1.807, 2.05) is 12.1 Å². The van der Waals surface area contributed by atoms with Gasteiger partial charge in [-0.15, -0.1) is 0 Å². The van der Waals surface area contributed by atoms with Crippen LogP contribution in [0.4, 0.5) is 4.39 Å². The maximum Gasteiger partial charge on any atom is 0.247 e. The molecule has 0 aliphatic heterocycles. The van der Waals surface area contributed by atoms with Crippen LogP contribution in [0.5, 0.6) is 23.1 Å². The van der Waals surface area contributed by atoms with E-state index in [1.165, 1.54) is 30.6 Å². The van der Waals surface area contributed by atoms with Gasteiger partial charge in [0.05, 0.1) is 19.7 Å². The number of aromatic nitrogens is 3.